The molecule has 0 atom stereocenters. The molecule has 0 bridgehead atoms. The number of nitrogens with zero attached hydrogens (tertiary/aromatic N) is 5. The summed E-state index contributed by atoms with van der Waals surface area (Å²) in [5.41, 5.74) is 2.44. The van der Waals surface area contributed by atoms with Crippen LogP contribution in [0.1, 0.15) is 12.7 Å². The van der Waals surface area contributed by atoms with Gasteiger partial charge in [0.05, 0.1) is 28.8 Å². The van der Waals surface area contributed by atoms with Crippen molar-refractivity contribution in [2.45, 2.75) is 13.3 Å². The predicted molar refractivity (Wildman–Crippen MR) is 98.4 cm³/mol. The lowest BCUT2D eigenvalue weighted by atomic mass is 10.1. The Bertz CT molecular complexity index is 1250. The molecular formula is C19H14N6O2. The summed E-state index contributed by atoms with van der Waals surface area (Å²) in [5, 5.41) is 5.82. The third kappa shape index (κ3) is 2.67. The number of ether oxygens (including phenoxy) is 1. The first-order valence-electron chi connectivity index (χ1n) is 8.49. The van der Waals surface area contributed by atoms with Crippen molar-refractivity contribution < 1.29 is 9.26 Å². The first-order chi connectivity index (χ1) is 13.3. The van der Waals surface area contributed by atoms with Gasteiger partial charge in [0.1, 0.15) is 11.4 Å². The van der Waals surface area contributed by atoms with Gasteiger partial charge in [-0.15, -0.1) is 0 Å². The summed E-state index contributed by atoms with van der Waals surface area (Å²) >= 11 is 0. The summed E-state index contributed by atoms with van der Waals surface area (Å²) in [6.45, 7) is 1.97. The summed E-state index contributed by atoms with van der Waals surface area (Å²) in [7, 11) is 0. The van der Waals surface area contributed by atoms with Crippen molar-refractivity contribution in [3.63, 3.8) is 0 Å². The van der Waals surface area contributed by atoms with Crippen molar-refractivity contribution in [3.05, 3.63) is 54.9 Å². The van der Waals surface area contributed by atoms with Crippen LogP contribution in [0.2, 0.25) is 0 Å². The Labute approximate surface area is 153 Å². The summed E-state index contributed by atoms with van der Waals surface area (Å²) in [6, 6.07) is 7.72. The molecule has 5 rings (SSSR count). The third-order valence-corrected chi connectivity index (χ3v) is 4.23. The van der Waals surface area contributed by atoms with E-state index >= 15 is 0 Å². The van der Waals surface area contributed by atoms with Crippen LogP contribution < -0.4 is 4.74 Å². The second-order valence-electron chi connectivity index (χ2n) is 5.93. The number of aryl methyl sites for hydroxylation is 1. The highest BCUT2D eigenvalue weighted by Gasteiger charge is 2.15. The fraction of sp³-hybridized carbons (Fsp3) is 0.105. The maximum absolute atomic E-state index is 5.96. The number of aromatic amines is 1. The van der Waals surface area contributed by atoms with Crippen LogP contribution in [-0.2, 0) is 6.42 Å². The van der Waals surface area contributed by atoms with Gasteiger partial charge in [-0.1, -0.05) is 18.1 Å². The minimum atomic E-state index is 0.399. The molecule has 1 aromatic carbocycles. The summed E-state index contributed by atoms with van der Waals surface area (Å²) in [5.74, 6) is 2.15. The normalized spacial score (nSPS) is 11.3. The number of rotatable bonds is 4. The molecule has 0 saturated carbocycles. The highest BCUT2D eigenvalue weighted by atomic mass is 16.5. The van der Waals surface area contributed by atoms with Crippen molar-refractivity contribution in [1.82, 2.24) is 30.1 Å². The Morgan fingerprint density at radius 2 is 2.07 bits per heavy atom. The smallest absolute Gasteiger partial charge is 0.276 e. The van der Waals surface area contributed by atoms with E-state index in [4.69, 9.17) is 9.26 Å². The van der Waals surface area contributed by atoms with Crippen molar-refractivity contribution in [1.29, 1.82) is 0 Å². The fourth-order valence-electron chi connectivity index (χ4n) is 2.97. The molecule has 0 aliphatic carbocycles. The van der Waals surface area contributed by atoms with Crippen LogP contribution in [-0.4, -0.2) is 30.1 Å². The standard InChI is InChI=1S/C19H14N6O2/c1-2-16-24-19(27-25-16)13-8-11-14(9-22-13)23-12-4-3-5-15(18(11)12)26-17-10-20-6-7-21-17/h3-10,23H,2H2,1H3. The zero-order valence-corrected chi connectivity index (χ0v) is 14.4. The Kier molecular flexibility index (Phi) is 3.53. The largest absolute Gasteiger partial charge is 0.437 e. The molecule has 4 aromatic heterocycles. The van der Waals surface area contributed by atoms with Gasteiger partial charge in [0.25, 0.3) is 5.89 Å². The summed E-state index contributed by atoms with van der Waals surface area (Å²) in [6.07, 6.45) is 7.23. The van der Waals surface area contributed by atoms with Crippen LogP contribution in [0, 0.1) is 0 Å². The lowest BCUT2D eigenvalue weighted by Gasteiger charge is -2.05. The lowest BCUT2D eigenvalue weighted by Crippen LogP contribution is -1.89. The predicted octanol–water partition coefficient (Wildman–Crippen LogP) is 3.91. The molecule has 0 aliphatic rings. The molecule has 1 N–H and O–H groups in total. The second-order valence-corrected chi connectivity index (χ2v) is 5.93. The van der Waals surface area contributed by atoms with E-state index in [1.165, 1.54) is 0 Å². The molecule has 8 heteroatoms. The van der Waals surface area contributed by atoms with Crippen LogP contribution in [0.3, 0.4) is 0 Å². The van der Waals surface area contributed by atoms with Gasteiger partial charge in [-0.3, -0.25) is 4.98 Å². The number of aromatic nitrogens is 6. The van der Waals surface area contributed by atoms with Crippen molar-refractivity contribution in [3.8, 4) is 23.2 Å². The van der Waals surface area contributed by atoms with Gasteiger partial charge in [0.2, 0.25) is 5.88 Å². The van der Waals surface area contributed by atoms with E-state index in [1.807, 2.05) is 31.2 Å². The molecule has 8 nitrogen and oxygen atoms in total. The number of hydrogen-bond donors (Lipinski definition) is 1. The molecule has 27 heavy (non-hydrogen) atoms. The maximum atomic E-state index is 5.96. The Morgan fingerprint density at radius 3 is 2.89 bits per heavy atom. The van der Waals surface area contributed by atoms with E-state index in [1.54, 1.807) is 24.8 Å². The van der Waals surface area contributed by atoms with Gasteiger partial charge in [0.15, 0.2) is 5.82 Å². The van der Waals surface area contributed by atoms with Crippen molar-refractivity contribution in [2.24, 2.45) is 0 Å². The molecule has 0 spiro atoms. The highest BCUT2D eigenvalue weighted by Crippen LogP contribution is 2.36. The minimum absolute atomic E-state index is 0.399. The molecule has 0 aliphatic heterocycles. The van der Waals surface area contributed by atoms with Gasteiger partial charge in [-0.2, -0.15) is 4.98 Å². The molecule has 132 valence electrons. The lowest BCUT2D eigenvalue weighted by molar-refractivity contribution is 0.422. The zero-order valence-electron chi connectivity index (χ0n) is 14.4. The van der Waals surface area contributed by atoms with Crippen LogP contribution in [0.15, 0.2) is 53.6 Å². The summed E-state index contributed by atoms with van der Waals surface area (Å²) < 4.78 is 11.3. The zero-order chi connectivity index (χ0) is 18.2. The molecule has 0 amide bonds. The average Bonchev–Trinajstić information content (AvgIpc) is 3.33. The second kappa shape index (κ2) is 6.17. The number of nitrogens with one attached hydrogen (secondary N) is 1. The molecule has 0 fully saturated rings. The molecule has 0 saturated heterocycles. The van der Waals surface area contributed by atoms with Gasteiger partial charge in [-0.05, 0) is 18.2 Å². The van der Waals surface area contributed by atoms with Gasteiger partial charge < -0.3 is 14.2 Å². The molecule has 0 radical (unpaired) electrons. The first-order valence-corrected chi connectivity index (χ1v) is 8.49. The number of H-pyrrole nitrogens is 1. The molecule has 4 heterocycles. The number of fused-ring (bicyclic) bond motifs is 3. The number of pyridine rings is 1. The van der Waals surface area contributed by atoms with E-state index < -0.39 is 0 Å². The van der Waals surface area contributed by atoms with Crippen molar-refractivity contribution in [2.75, 3.05) is 0 Å². The minimum Gasteiger partial charge on any atom is -0.437 e. The highest BCUT2D eigenvalue weighted by molar-refractivity contribution is 6.11. The fourth-order valence-corrected chi connectivity index (χ4v) is 2.97. The van der Waals surface area contributed by atoms with E-state index in [2.05, 4.69) is 30.1 Å². The van der Waals surface area contributed by atoms with E-state index in [-0.39, 0.29) is 0 Å². The molecule has 5 aromatic rings. The first kappa shape index (κ1) is 15.4. The quantitative estimate of drug-likeness (QED) is 0.519. The van der Waals surface area contributed by atoms with Gasteiger partial charge >= 0.3 is 0 Å². The van der Waals surface area contributed by atoms with Crippen LogP contribution in [0.25, 0.3) is 33.4 Å². The van der Waals surface area contributed by atoms with E-state index in [9.17, 15) is 0 Å². The maximum Gasteiger partial charge on any atom is 0.276 e. The van der Waals surface area contributed by atoms with Crippen molar-refractivity contribution >= 4 is 21.8 Å². The molecular weight excluding hydrogens is 344 g/mol. The van der Waals surface area contributed by atoms with E-state index in [0.717, 1.165) is 21.8 Å². The number of benzene rings is 1. The van der Waals surface area contributed by atoms with Crippen LogP contribution >= 0.6 is 0 Å². The van der Waals surface area contributed by atoms with Crippen LogP contribution in [0.4, 0.5) is 0 Å². The summed E-state index contributed by atoms with van der Waals surface area (Å²) in [4.78, 5) is 20.4. The topological polar surface area (TPSA) is 103 Å². The Morgan fingerprint density at radius 1 is 1.11 bits per heavy atom. The molecule has 0 unspecified atom stereocenters. The van der Waals surface area contributed by atoms with Crippen LogP contribution in [0.5, 0.6) is 11.6 Å². The Balaban J connectivity index is 1.68. The van der Waals surface area contributed by atoms with Gasteiger partial charge in [-0.25, -0.2) is 9.97 Å². The van der Waals surface area contributed by atoms with E-state index in [0.29, 0.717) is 35.5 Å². The van der Waals surface area contributed by atoms with Gasteiger partial charge in [0, 0.05) is 24.2 Å². The SMILES string of the molecule is CCc1noc(-c2cc3c(cn2)[nH]c2cccc(Oc4cnccn4)c23)n1. The number of hydrogen-bond acceptors (Lipinski definition) is 7. The third-order valence-electron chi connectivity index (χ3n) is 4.23. The Hall–Kier alpha value is -3.81. The average molecular weight is 358 g/mol. The monoisotopic (exact) mass is 358 g/mol.